The van der Waals surface area contributed by atoms with Crippen LogP contribution in [0.25, 0.3) is 6.08 Å². The lowest BCUT2D eigenvalue weighted by Crippen LogP contribution is -2.34. The van der Waals surface area contributed by atoms with E-state index in [4.69, 9.17) is 17.0 Å². The van der Waals surface area contributed by atoms with Gasteiger partial charge in [-0.1, -0.05) is 42.5 Å². The van der Waals surface area contributed by atoms with E-state index in [1.807, 2.05) is 48.5 Å². The number of hydrogen-bond donors (Lipinski definition) is 0. The molecule has 0 unspecified atom stereocenters. The van der Waals surface area contributed by atoms with Gasteiger partial charge >= 0.3 is 5.97 Å². The van der Waals surface area contributed by atoms with E-state index >= 15 is 0 Å². The quantitative estimate of drug-likeness (QED) is 0.211. The molecule has 1 saturated heterocycles. The molecular formula is C22H19BrN2O2S. The Hall–Kier alpha value is -2.49. The van der Waals surface area contributed by atoms with Gasteiger partial charge in [-0.15, -0.1) is 0 Å². The van der Waals surface area contributed by atoms with Crippen LogP contribution in [0.15, 0.2) is 58.6 Å². The second kappa shape index (κ2) is 9.63. The zero-order chi connectivity index (χ0) is 19.9. The van der Waals surface area contributed by atoms with Gasteiger partial charge in [-0.25, -0.2) is 4.79 Å². The van der Waals surface area contributed by atoms with Crippen molar-refractivity contribution < 1.29 is 9.53 Å². The molecule has 0 N–H and O–H groups in total. The highest BCUT2D eigenvalue weighted by Crippen LogP contribution is 2.28. The topological polar surface area (TPSA) is 53.3 Å². The number of ether oxygens (including phenoxy) is 1. The molecule has 142 valence electrons. The molecule has 0 aliphatic carbocycles. The van der Waals surface area contributed by atoms with Crippen LogP contribution in [0, 0.1) is 11.3 Å². The molecule has 0 spiro atoms. The van der Waals surface area contributed by atoms with Crippen LogP contribution in [0.2, 0.25) is 0 Å². The third-order valence-electron chi connectivity index (χ3n) is 4.48. The number of hydrogen-bond acceptors (Lipinski definition) is 4. The molecule has 1 heterocycles. The summed E-state index contributed by atoms with van der Waals surface area (Å²) in [5.74, 6) is -0.345. The second-order valence-corrected chi connectivity index (χ2v) is 7.71. The number of halogens is 1. The lowest BCUT2D eigenvalue weighted by Gasteiger charge is -2.29. The van der Waals surface area contributed by atoms with Crippen molar-refractivity contribution in [1.29, 1.82) is 5.26 Å². The van der Waals surface area contributed by atoms with E-state index in [0.29, 0.717) is 10.2 Å². The Bertz CT molecular complexity index is 945. The van der Waals surface area contributed by atoms with E-state index in [0.717, 1.165) is 42.0 Å². The van der Waals surface area contributed by atoms with Gasteiger partial charge in [-0.3, -0.25) is 0 Å². The van der Waals surface area contributed by atoms with Crippen molar-refractivity contribution in [2.24, 2.45) is 0 Å². The Labute approximate surface area is 178 Å². The zero-order valence-corrected chi connectivity index (χ0v) is 17.6. The minimum absolute atomic E-state index is 0.0639. The van der Waals surface area contributed by atoms with Crippen molar-refractivity contribution in [3.8, 4) is 11.8 Å². The van der Waals surface area contributed by atoms with Crippen molar-refractivity contribution in [1.82, 2.24) is 4.90 Å². The Morgan fingerprint density at radius 1 is 1.14 bits per heavy atom. The van der Waals surface area contributed by atoms with Crippen LogP contribution in [-0.2, 0) is 4.79 Å². The molecule has 0 amide bonds. The van der Waals surface area contributed by atoms with Crippen LogP contribution in [0.4, 0.5) is 0 Å². The highest BCUT2D eigenvalue weighted by molar-refractivity contribution is 9.10. The van der Waals surface area contributed by atoms with E-state index in [1.165, 1.54) is 12.5 Å². The molecule has 6 heteroatoms. The molecular weight excluding hydrogens is 436 g/mol. The number of benzene rings is 2. The smallest absolute Gasteiger partial charge is 0.354 e. The zero-order valence-electron chi connectivity index (χ0n) is 15.2. The number of esters is 1. The molecule has 28 heavy (non-hydrogen) atoms. The first-order valence-corrected chi connectivity index (χ1v) is 10.3. The van der Waals surface area contributed by atoms with Crippen LogP contribution in [0.3, 0.4) is 0 Å². The fourth-order valence-electron chi connectivity index (χ4n) is 3.00. The number of carbonyl (C=O) groups is 1. The summed E-state index contributed by atoms with van der Waals surface area (Å²) in [5.41, 5.74) is 1.60. The molecule has 4 nitrogen and oxygen atoms in total. The number of carbonyl (C=O) groups excluding carboxylic acids is 1. The Kier molecular flexibility index (Phi) is 6.96. The summed E-state index contributed by atoms with van der Waals surface area (Å²) < 4.78 is 6.04. The lowest BCUT2D eigenvalue weighted by molar-refractivity contribution is -0.129. The first-order valence-electron chi connectivity index (χ1n) is 9.06. The Morgan fingerprint density at radius 3 is 2.50 bits per heavy atom. The van der Waals surface area contributed by atoms with Crippen molar-refractivity contribution in [2.75, 3.05) is 13.1 Å². The minimum atomic E-state index is -0.696. The summed E-state index contributed by atoms with van der Waals surface area (Å²) in [6.45, 7) is 1.95. The van der Waals surface area contributed by atoms with Crippen LogP contribution in [-0.4, -0.2) is 28.9 Å². The molecule has 1 aliphatic rings. The van der Waals surface area contributed by atoms with E-state index in [9.17, 15) is 10.1 Å². The number of thiocarbonyl (C=S) groups is 1. The normalized spacial score (nSPS) is 14.3. The highest BCUT2D eigenvalue weighted by atomic mass is 79.9. The van der Waals surface area contributed by atoms with E-state index in [-0.39, 0.29) is 5.57 Å². The van der Waals surface area contributed by atoms with Gasteiger partial charge in [0.1, 0.15) is 22.4 Å². The summed E-state index contributed by atoms with van der Waals surface area (Å²) in [5, 5.41) is 9.31. The maximum absolute atomic E-state index is 12.4. The average molecular weight is 455 g/mol. The van der Waals surface area contributed by atoms with E-state index in [2.05, 4.69) is 20.8 Å². The number of nitrogens with zero attached hydrogens (tertiary/aromatic N) is 2. The predicted octanol–water partition coefficient (Wildman–Crippen LogP) is 5.12. The number of likely N-dealkylation sites (tertiary alicyclic amines) is 1. The number of nitriles is 1. The molecule has 2 aromatic carbocycles. The largest absolute Gasteiger partial charge is 0.421 e. The van der Waals surface area contributed by atoms with Crippen LogP contribution < -0.4 is 4.74 Å². The summed E-state index contributed by atoms with van der Waals surface area (Å²) in [6.07, 6.45) is 5.06. The first kappa shape index (κ1) is 20.2. The van der Waals surface area contributed by atoms with Crippen LogP contribution in [0.5, 0.6) is 5.75 Å². The fraction of sp³-hybridized carbons (Fsp3) is 0.227. The Balaban J connectivity index is 1.73. The molecule has 0 atom stereocenters. The maximum atomic E-state index is 12.4. The van der Waals surface area contributed by atoms with Gasteiger partial charge < -0.3 is 9.64 Å². The van der Waals surface area contributed by atoms with E-state index in [1.54, 1.807) is 6.07 Å². The van der Waals surface area contributed by atoms with Crippen LogP contribution >= 0.6 is 28.1 Å². The van der Waals surface area contributed by atoms with Gasteiger partial charge in [0, 0.05) is 18.7 Å². The van der Waals surface area contributed by atoms with Crippen LogP contribution in [0.1, 0.15) is 30.4 Å². The predicted molar refractivity (Wildman–Crippen MR) is 117 cm³/mol. The van der Waals surface area contributed by atoms with Gasteiger partial charge in [-0.2, -0.15) is 5.26 Å². The molecule has 0 aromatic heterocycles. The molecule has 2 aromatic rings. The summed E-state index contributed by atoms with van der Waals surface area (Å²) in [4.78, 5) is 15.4. The minimum Gasteiger partial charge on any atom is -0.421 e. The molecule has 0 bridgehead atoms. The van der Waals surface area contributed by atoms with Crippen molar-refractivity contribution in [3.05, 3.63) is 69.7 Å². The SMILES string of the molecule is N#C/C(=C\c1ccccc1)C(=O)Oc1ccc(C(=S)N2CCCCC2)cc1Br. The average Bonchev–Trinajstić information content (AvgIpc) is 2.74. The lowest BCUT2D eigenvalue weighted by atomic mass is 10.1. The molecule has 3 rings (SSSR count). The molecule has 1 fully saturated rings. The molecule has 0 saturated carbocycles. The first-order chi connectivity index (χ1) is 13.6. The molecule has 1 aliphatic heterocycles. The maximum Gasteiger partial charge on any atom is 0.354 e. The summed E-state index contributed by atoms with van der Waals surface area (Å²) in [6, 6.07) is 16.5. The third-order valence-corrected chi connectivity index (χ3v) is 5.59. The van der Waals surface area contributed by atoms with Gasteiger partial charge in [0.2, 0.25) is 0 Å². The monoisotopic (exact) mass is 454 g/mol. The van der Waals surface area contributed by atoms with Gasteiger partial charge in [-0.05, 0) is 65.0 Å². The summed E-state index contributed by atoms with van der Waals surface area (Å²) >= 11 is 9.06. The van der Waals surface area contributed by atoms with Crippen molar-refractivity contribution >= 4 is 45.2 Å². The van der Waals surface area contributed by atoms with Gasteiger partial charge in [0.05, 0.1) is 4.47 Å². The van der Waals surface area contributed by atoms with Crippen molar-refractivity contribution in [3.63, 3.8) is 0 Å². The van der Waals surface area contributed by atoms with Crippen molar-refractivity contribution in [2.45, 2.75) is 19.3 Å². The van der Waals surface area contributed by atoms with Gasteiger partial charge in [0.25, 0.3) is 0 Å². The molecule has 0 radical (unpaired) electrons. The summed E-state index contributed by atoms with van der Waals surface area (Å²) in [7, 11) is 0. The number of piperidine rings is 1. The third kappa shape index (κ3) is 5.06. The standard InChI is InChI=1S/C22H19BrN2O2S/c23-19-14-17(21(28)25-11-5-2-6-12-25)9-10-20(19)27-22(26)18(15-24)13-16-7-3-1-4-8-16/h1,3-4,7-10,13-14H,2,5-6,11-12H2/b18-13+. The van der Waals surface area contributed by atoms with E-state index < -0.39 is 5.97 Å². The fourth-order valence-corrected chi connectivity index (χ4v) is 3.77. The Morgan fingerprint density at radius 2 is 1.86 bits per heavy atom. The number of rotatable bonds is 4. The highest BCUT2D eigenvalue weighted by Gasteiger charge is 2.18. The second-order valence-electron chi connectivity index (χ2n) is 6.47. The van der Waals surface area contributed by atoms with Gasteiger partial charge in [0.15, 0.2) is 0 Å².